The number of aliphatic hydroxyl groups is 1. The van der Waals surface area contributed by atoms with Gasteiger partial charge < -0.3 is 19.6 Å². The number of hydrogen-bond acceptors (Lipinski definition) is 4. The van der Waals surface area contributed by atoms with E-state index in [-0.39, 0.29) is 18.8 Å². The minimum atomic E-state index is -4.71. The summed E-state index contributed by atoms with van der Waals surface area (Å²) < 4.78 is 45.5. The number of hydrogen-bond donors (Lipinski definition) is 2. The van der Waals surface area contributed by atoms with Crippen LogP contribution in [-0.4, -0.2) is 18.0 Å². The number of ether oxygens (including phenoxy) is 1. The summed E-state index contributed by atoms with van der Waals surface area (Å²) in [6.45, 7) is 2.05. The average molecular weight is 315 g/mol. The van der Waals surface area contributed by atoms with Crippen LogP contribution in [0, 0.1) is 0 Å². The first-order valence-corrected chi connectivity index (χ1v) is 6.58. The van der Waals surface area contributed by atoms with Crippen LogP contribution < -0.4 is 10.1 Å². The zero-order valence-electron chi connectivity index (χ0n) is 11.9. The molecule has 0 amide bonds. The molecule has 0 spiro atoms. The molecule has 0 bridgehead atoms. The second-order valence-corrected chi connectivity index (χ2v) is 5.05. The Balaban J connectivity index is 1.91. The zero-order chi connectivity index (χ0) is 16.2. The first-order chi connectivity index (χ1) is 10.3. The van der Waals surface area contributed by atoms with E-state index in [2.05, 4.69) is 10.1 Å². The van der Waals surface area contributed by atoms with Crippen molar-refractivity contribution in [3.05, 3.63) is 54.0 Å². The lowest BCUT2D eigenvalue weighted by atomic mass is 10.0. The molecule has 0 aliphatic heterocycles. The molecule has 1 heterocycles. The minimum Gasteiger partial charge on any atom is -0.466 e. The maximum absolute atomic E-state index is 12.2. The predicted molar refractivity (Wildman–Crippen MR) is 73.1 cm³/mol. The van der Waals surface area contributed by atoms with Crippen LogP contribution in [0.15, 0.2) is 47.1 Å². The molecule has 2 aromatic rings. The molecule has 0 saturated heterocycles. The van der Waals surface area contributed by atoms with Gasteiger partial charge >= 0.3 is 6.36 Å². The summed E-state index contributed by atoms with van der Waals surface area (Å²) >= 11 is 0. The number of rotatable bonds is 6. The smallest absolute Gasteiger partial charge is 0.466 e. The highest BCUT2D eigenvalue weighted by atomic mass is 19.4. The van der Waals surface area contributed by atoms with Gasteiger partial charge in [-0.25, -0.2) is 0 Å². The summed E-state index contributed by atoms with van der Waals surface area (Å²) in [4.78, 5) is 0. The lowest BCUT2D eigenvalue weighted by molar-refractivity contribution is -0.274. The SMILES string of the molecule is CC(O)(CNCc1cccc(OC(F)(F)F)c1)c1ccco1. The fourth-order valence-electron chi connectivity index (χ4n) is 1.97. The Hall–Kier alpha value is -1.99. The third-order valence-corrected chi connectivity index (χ3v) is 2.98. The van der Waals surface area contributed by atoms with Crippen molar-refractivity contribution in [1.82, 2.24) is 5.32 Å². The summed E-state index contributed by atoms with van der Waals surface area (Å²) in [5.74, 6) is 0.138. The van der Waals surface area contributed by atoms with Crippen LogP contribution in [0.1, 0.15) is 18.2 Å². The standard InChI is InChI=1S/C15H16F3NO3/c1-14(20,13-6-3-7-21-13)10-19-9-11-4-2-5-12(8-11)22-15(16,17)18/h2-8,19-20H,9-10H2,1H3. The molecule has 0 aliphatic carbocycles. The van der Waals surface area contributed by atoms with E-state index in [9.17, 15) is 18.3 Å². The molecule has 0 radical (unpaired) electrons. The Morgan fingerprint density at radius 2 is 2.00 bits per heavy atom. The number of alkyl halides is 3. The van der Waals surface area contributed by atoms with Crippen LogP contribution in [-0.2, 0) is 12.1 Å². The number of nitrogens with one attached hydrogen (secondary N) is 1. The largest absolute Gasteiger partial charge is 0.573 e. The third kappa shape index (κ3) is 4.78. The Morgan fingerprint density at radius 1 is 1.23 bits per heavy atom. The molecule has 1 unspecified atom stereocenters. The topological polar surface area (TPSA) is 54.6 Å². The van der Waals surface area contributed by atoms with Gasteiger partial charge in [-0.2, -0.15) is 0 Å². The van der Waals surface area contributed by atoms with Crippen molar-refractivity contribution in [3.63, 3.8) is 0 Å². The van der Waals surface area contributed by atoms with E-state index in [0.29, 0.717) is 11.3 Å². The third-order valence-electron chi connectivity index (χ3n) is 2.98. The number of halogens is 3. The maximum Gasteiger partial charge on any atom is 0.573 e. The van der Waals surface area contributed by atoms with E-state index in [4.69, 9.17) is 4.42 Å². The lowest BCUT2D eigenvalue weighted by Gasteiger charge is -2.21. The first-order valence-electron chi connectivity index (χ1n) is 6.58. The van der Waals surface area contributed by atoms with Gasteiger partial charge in [-0.05, 0) is 36.8 Å². The van der Waals surface area contributed by atoms with Crippen LogP contribution in [0.3, 0.4) is 0 Å². The molecule has 2 rings (SSSR count). The summed E-state index contributed by atoms with van der Waals surface area (Å²) in [6.07, 6.45) is -3.25. The Morgan fingerprint density at radius 3 is 2.64 bits per heavy atom. The minimum absolute atomic E-state index is 0.185. The molecule has 2 N–H and O–H groups in total. The van der Waals surface area contributed by atoms with Crippen molar-refractivity contribution in [3.8, 4) is 5.75 Å². The zero-order valence-corrected chi connectivity index (χ0v) is 11.9. The van der Waals surface area contributed by atoms with Crippen molar-refractivity contribution in [2.45, 2.75) is 25.4 Å². The van der Waals surface area contributed by atoms with Crippen LogP contribution in [0.4, 0.5) is 13.2 Å². The fourth-order valence-corrected chi connectivity index (χ4v) is 1.97. The molecular weight excluding hydrogens is 299 g/mol. The monoisotopic (exact) mass is 315 g/mol. The second kappa shape index (κ2) is 6.41. The van der Waals surface area contributed by atoms with Crippen molar-refractivity contribution >= 4 is 0 Å². The quantitative estimate of drug-likeness (QED) is 0.860. The van der Waals surface area contributed by atoms with Gasteiger partial charge in [-0.15, -0.1) is 13.2 Å². The van der Waals surface area contributed by atoms with Crippen molar-refractivity contribution in [2.24, 2.45) is 0 Å². The Bertz CT molecular complexity index is 594. The van der Waals surface area contributed by atoms with E-state index in [1.807, 2.05) is 0 Å². The normalized spacial score (nSPS) is 14.6. The average Bonchev–Trinajstić information content (AvgIpc) is 2.91. The molecule has 1 aromatic carbocycles. The van der Waals surface area contributed by atoms with Crippen molar-refractivity contribution < 1.29 is 27.4 Å². The van der Waals surface area contributed by atoms with E-state index in [1.54, 1.807) is 25.1 Å². The highest BCUT2D eigenvalue weighted by Crippen LogP contribution is 2.24. The molecule has 1 atom stereocenters. The number of benzene rings is 1. The van der Waals surface area contributed by atoms with Crippen molar-refractivity contribution in [1.29, 1.82) is 0 Å². The molecule has 7 heteroatoms. The van der Waals surface area contributed by atoms with E-state index >= 15 is 0 Å². The van der Waals surface area contributed by atoms with Gasteiger partial charge in [0.25, 0.3) is 0 Å². The van der Waals surface area contributed by atoms with Crippen LogP contribution in [0.2, 0.25) is 0 Å². The molecule has 0 fully saturated rings. The summed E-state index contributed by atoms with van der Waals surface area (Å²) in [5.41, 5.74) is -0.596. The summed E-state index contributed by atoms with van der Waals surface area (Å²) in [6, 6.07) is 8.99. The fraction of sp³-hybridized carbons (Fsp3) is 0.333. The molecule has 0 saturated carbocycles. The predicted octanol–water partition coefficient (Wildman–Crippen LogP) is 3.18. The number of furan rings is 1. The lowest BCUT2D eigenvalue weighted by Crippen LogP contribution is -2.34. The van der Waals surface area contributed by atoms with Gasteiger partial charge in [0.1, 0.15) is 17.1 Å². The molecule has 0 aliphatic rings. The summed E-state index contributed by atoms with van der Waals surface area (Å²) in [7, 11) is 0. The van der Waals surface area contributed by atoms with E-state index in [0.717, 1.165) is 0 Å². The maximum atomic E-state index is 12.2. The van der Waals surface area contributed by atoms with Gasteiger partial charge in [0.15, 0.2) is 0 Å². The highest BCUT2D eigenvalue weighted by molar-refractivity contribution is 5.28. The molecule has 1 aromatic heterocycles. The van der Waals surface area contributed by atoms with Gasteiger partial charge in [-0.1, -0.05) is 12.1 Å². The van der Waals surface area contributed by atoms with Crippen LogP contribution >= 0.6 is 0 Å². The molecular formula is C15H16F3NO3. The van der Waals surface area contributed by atoms with Gasteiger partial charge in [0, 0.05) is 13.1 Å². The molecule has 120 valence electrons. The Labute approximate surface area is 125 Å². The van der Waals surface area contributed by atoms with Crippen LogP contribution in [0.5, 0.6) is 5.75 Å². The first kappa shape index (κ1) is 16.4. The van der Waals surface area contributed by atoms with Gasteiger partial charge in [0.2, 0.25) is 0 Å². The van der Waals surface area contributed by atoms with Gasteiger partial charge in [0.05, 0.1) is 6.26 Å². The van der Waals surface area contributed by atoms with Gasteiger partial charge in [-0.3, -0.25) is 0 Å². The molecule has 22 heavy (non-hydrogen) atoms. The Kier molecular flexibility index (Phi) is 4.77. The molecule has 4 nitrogen and oxygen atoms in total. The summed E-state index contributed by atoms with van der Waals surface area (Å²) in [5, 5.41) is 13.2. The highest BCUT2D eigenvalue weighted by Gasteiger charge is 2.31. The second-order valence-electron chi connectivity index (χ2n) is 5.05. The van der Waals surface area contributed by atoms with Crippen molar-refractivity contribution in [2.75, 3.05) is 6.54 Å². The van der Waals surface area contributed by atoms with Crippen LogP contribution in [0.25, 0.3) is 0 Å². The van der Waals surface area contributed by atoms with E-state index in [1.165, 1.54) is 24.5 Å². The van der Waals surface area contributed by atoms with E-state index < -0.39 is 12.0 Å².